The van der Waals surface area contributed by atoms with Gasteiger partial charge in [0.25, 0.3) is 0 Å². The van der Waals surface area contributed by atoms with Gasteiger partial charge in [-0.2, -0.15) is 0 Å². The lowest BCUT2D eigenvalue weighted by Crippen LogP contribution is -2.33. The number of rotatable bonds is 6. The zero-order valence-electron chi connectivity index (χ0n) is 11.8. The van der Waals surface area contributed by atoms with Crippen LogP contribution in [0.25, 0.3) is 0 Å². The summed E-state index contributed by atoms with van der Waals surface area (Å²) in [7, 11) is -1.70. The molecule has 20 heavy (non-hydrogen) atoms. The Bertz CT molecular complexity index is 558. The van der Waals surface area contributed by atoms with Gasteiger partial charge in [0.05, 0.1) is 5.75 Å². The Kier molecular flexibility index (Phi) is 5.01. The zero-order valence-corrected chi connectivity index (χ0v) is 12.6. The molecule has 1 unspecified atom stereocenters. The van der Waals surface area contributed by atoms with Crippen molar-refractivity contribution in [2.75, 3.05) is 25.2 Å². The molecule has 1 aromatic rings. The maximum Gasteiger partial charge on any atom is 0.212 e. The van der Waals surface area contributed by atoms with Crippen LogP contribution in [0.4, 0.5) is 5.69 Å². The number of fused-ring (bicyclic) bond motifs is 1. The van der Waals surface area contributed by atoms with E-state index in [1.165, 1.54) is 0 Å². The van der Waals surface area contributed by atoms with E-state index < -0.39 is 10.0 Å². The molecule has 0 heterocycles. The Morgan fingerprint density at radius 3 is 3.00 bits per heavy atom. The molecule has 1 aliphatic rings. The minimum absolute atomic E-state index is 0.0989. The maximum absolute atomic E-state index is 12.1. The lowest BCUT2D eigenvalue weighted by atomic mass is 9.88. The van der Waals surface area contributed by atoms with Crippen molar-refractivity contribution in [3.05, 3.63) is 29.3 Å². The number of nitrogens with one attached hydrogen (secondary N) is 1. The maximum atomic E-state index is 12.1. The van der Waals surface area contributed by atoms with Gasteiger partial charge in [-0.1, -0.05) is 6.07 Å². The van der Waals surface area contributed by atoms with Crippen LogP contribution in [0.2, 0.25) is 0 Å². The van der Waals surface area contributed by atoms with Gasteiger partial charge in [-0.25, -0.2) is 13.1 Å². The standard InChI is InChI=1S/C14H22N2O3S/c1-19-8-3-9-20(17,18)16-14-5-2-4-11-10-12(15)6-7-13(11)14/h6-7,10,14,16H,2-5,8-9,15H2,1H3. The van der Waals surface area contributed by atoms with E-state index in [0.29, 0.717) is 13.0 Å². The van der Waals surface area contributed by atoms with E-state index >= 15 is 0 Å². The van der Waals surface area contributed by atoms with Crippen molar-refractivity contribution >= 4 is 15.7 Å². The van der Waals surface area contributed by atoms with Crippen LogP contribution in [0.5, 0.6) is 0 Å². The van der Waals surface area contributed by atoms with E-state index in [4.69, 9.17) is 10.5 Å². The molecule has 5 nitrogen and oxygen atoms in total. The summed E-state index contributed by atoms with van der Waals surface area (Å²) in [5.41, 5.74) is 8.72. The lowest BCUT2D eigenvalue weighted by Gasteiger charge is -2.26. The van der Waals surface area contributed by atoms with Gasteiger partial charge < -0.3 is 10.5 Å². The second-order valence-electron chi connectivity index (χ2n) is 5.19. The topological polar surface area (TPSA) is 81.4 Å². The van der Waals surface area contributed by atoms with Crippen molar-refractivity contribution in [3.63, 3.8) is 0 Å². The second kappa shape index (κ2) is 6.56. The number of hydrogen-bond acceptors (Lipinski definition) is 4. The summed E-state index contributed by atoms with van der Waals surface area (Å²) < 4.78 is 31.8. The van der Waals surface area contributed by atoms with E-state index in [-0.39, 0.29) is 11.8 Å². The van der Waals surface area contributed by atoms with Crippen LogP contribution in [0.3, 0.4) is 0 Å². The molecule has 3 N–H and O–H groups in total. The molecular formula is C14H22N2O3S. The van der Waals surface area contributed by atoms with Crippen LogP contribution in [-0.4, -0.2) is 27.9 Å². The molecule has 0 spiro atoms. The quantitative estimate of drug-likeness (QED) is 0.617. The number of anilines is 1. The van der Waals surface area contributed by atoms with Gasteiger partial charge in [0.1, 0.15) is 0 Å². The molecule has 6 heteroatoms. The molecule has 1 aromatic carbocycles. The lowest BCUT2D eigenvalue weighted by molar-refractivity contribution is 0.199. The van der Waals surface area contributed by atoms with Gasteiger partial charge in [-0.15, -0.1) is 0 Å². The molecule has 1 atom stereocenters. The molecule has 2 rings (SSSR count). The largest absolute Gasteiger partial charge is 0.399 e. The van der Waals surface area contributed by atoms with Crippen molar-refractivity contribution in [2.24, 2.45) is 0 Å². The Balaban J connectivity index is 2.08. The summed E-state index contributed by atoms with van der Waals surface area (Å²) in [6, 6.07) is 5.58. The smallest absolute Gasteiger partial charge is 0.212 e. The molecule has 0 aromatic heterocycles. The van der Waals surface area contributed by atoms with E-state index in [0.717, 1.165) is 36.1 Å². The number of methoxy groups -OCH3 is 1. The average Bonchev–Trinajstić information content (AvgIpc) is 2.38. The molecular weight excluding hydrogens is 276 g/mol. The Hall–Kier alpha value is -1.11. The Morgan fingerprint density at radius 1 is 1.45 bits per heavy atom. The number of ether oxygens (including phenoxy) is 1. The number of hydrogen-bond donors (Lipinski definition) is 2. The second-order valence-corrected chi connectivity index (χ2v) is 7.06. The monoisotopic (exact) mass is 298 g/mol. The minimum atomic E-state index is -3.27. The fourth-order valence-electron chi connectivity index (χ4n) is 2.63. The third kappa shape index (κ3) is 3.94. The van der Waals surface area contributed by atoms with Gasteiger partial charge in [-0.3, -0.25) is 0 Å². The van der Waals surface area contributed by atoms with Crippen LogP contribution in [-0.2, 0) is 21.2 Å². The molecule has 0 saturated carbocycles. The Labute approximate surface area is 120 Å². The summed E-state index contributed by atoms with van der Waals surface area (Å²) in [4.78, 5) is 0. The molecule has 0 saturated heterocycles. The highest BCUT2D eigenvalue weighted by atomic mass is 32.2. The average molecular weight is 298 g/mol. The summed E-state index contributed by atoms with van der Waals surface area (Å²) in [6.45, 7) is 0.457. The van der Waals surface area contributed by atoms with Crippen molar-refractivity contribution in [1.29, 1.82) is 0 Å². The van der Waals surface area contributed by atoms with E-state index in [9.17, 15) is 8.42 Å². The van der Waals surface area contributed by atoms with Crippen LogP contribution in [0, 0.1) is 0 Å². The first-order chi connectivity index (χ1) is 9.52. The number of benzene rings is 1. The van der Waals surface area contributed by atoms with Crippen LogP contribution in [0.15, 0.2) is 18.2 Å². The minimum Gasteiger partial charge on any atom is -0.399 e. The third-order valence-electron chi connectivity index (χ3n) is 3.56. The van der Waals surface area contributed by atoms with Gasteiger partial charge in [0, 0.05) is 25.4 Å². The number of nitrogens with two attached hydrogens (primary N) is 1. The predicted molar refractivity (Wildman–Crippen MR) is 79.9 cm³/mol. The first-order valence-corrected chi connectivity index (χ1v) is 8.54. The zero-order chi connectivity index (χ0) is 14.6. The highest BCUT2D eigenvalue weighted by Crippen LogP contribution is 2.31. The van der Waals surface area contributed by atoms with Crippen molar-refractivity contribution in [3.8, 4) is 0 Å². The molecule has 0 aliphatic heterocycles. The summed E-state index contributed by atoms with van der Waals surface area (Å²) in [6.07, 6.45) is 3.28. The van der Waals surface area contributed by atoms with Crippen molar-refractivity contribution in [1.82, 2.24) is 4.72 Å². The van der Waals surface area contributed by atoms with Crippen molar-refractivity contribution in [2.45, 2.75) is 31.7 Å². The summed E-state index contributed by atoms with van der Waals surface area (Å²) >= 11 is 0. The van der Waals surface area contributed by atoms with E-state index in [1.807, 2.05) is 18.2 Å². The molecule has 1 aliphatic carbocycles. The van der Waals surface area contributed by atoms with Gasteiger partial charge in [0.2, 0.25) is 10.0 Å². The van der Waals surface area contributed by atoms with Gasteiger partial charge in [-0.05, 0) is 48.9 Å². The van der Waals surface area contributed by atoms with E-state index in [1.54, 1.807) is 7.11 Å². The SMILES string of the molecule is COCCCS(=O)(=O)NC1CCCc2cc(N)ccc21. The van der Waals surface area contributed by atoms with Crippen molar-refractivity contribution < 1.29 is 13.2 Å². The summed E-state index contributed by atoms with van der Waals surface area (Å²) in [5, 5.41) is 0. The Morgan fingerprint density at radius 2 is 2.25 bits per heavy atom. The number of sulfonamides is 1. The molecule has 0 fully saturated rings. The first kappa shape index (κ1) is 15.3. The van der Waals surface area contributed by atoms with E-state index in [2.05, 4.69) is 4.72 Å². The van der Waals surface area contributed by atoms with Gasteiger partial charge >= 0.3 is 0 Å². The number of aryl methyl sites for hydroxylation is 1. The third-order valence-corrected chi connectivity index (χ3v) is 5.03. The fourth-order valence-corrected chi connectivity index (χ4v) is 3.92. The van der Waals surface area contributed by atoms with Crippen LogP contribution < -0.4 is 10.5 Å². The molecule has 112 valence electrons. The number of nitrogen functional groups attached to an aromatic ring is 1. The highest BCUT2D eigenvalue weighted by molar-refractivity contribution is 7.89. The summed E-state index contributed by atoms with van der Waals surface area (Å²) in [5.74, 6) is 0.0989. The molecule has 0 bridgehead atoms. The highest BCUT2D eigenvalue weighted by Gasteiger charge is 2.24. The molecule has 0 amide bonds. The van der Waals surface area contributed by atoms with Crippen LogP contribution >= 0.6 is 0 Å². The normalized spacial score (nSPS) is 18.8. The fraction of sp³-hybridized carbons (Fsp3) is 0.571. The van der Waals surface area contributed by atoms with Gasteiger partial charge in [0.15, 0.2) is 0 Å². The molecule has 0 radical (unpaired) electrons. The predicted octanol–water partition coefficient (Wildman–Crippen LogP) is 1.60. The van der Waals surface area contributed by atoms with Crippen LogP contribution in [0.1, 0.15) is 36.4 Å². The first-order valence-electron chi connectivity index (χ1n) is 6.89.